The molecule has 1 N–H and O–H groups in total. The molecule has 0 radical (unpaired) electrons. The topological polar surface area (TPSA) is 29.1 Å². The molecular weight excluding hydrogens is 266 g/mol. The molecular formula is C17H19NOS. The summed E-state index contributed by atoms with van der Waals surface area (Å²) in [6.07, 6.45) is 0.847. The third-order valence-corrected chi connectivity index (χ3v) is 4.26. The Hall–Kier alpha value is -1.74. The van der Waals surface area contributed by atoms with E-state index in [1.165, 1.54) is 0 Å². The van der Waals surface area contributed by atoms with Gasteiger partial charge in [-0.2, -0.15) is 0 Å². The third-order valence-electron chi connectivity index (χ3n) is 3.18. The van der Waals surface area contributed by atoms with Crippen molar-refractivity contribution in [2.24, 2.45) is 5.92 Å². The van der Waals surface area contributed by atoms with Gasteiger partial charge < -0.3 is 5.32 Å². The molecule has 2 nitrogen and oxygen atoms in total. The summed E-state index contributed by atoms with van der Waals surface area (Å²) in [5.74, 6) is 0.110. The van der Waals surface area contributed by atoms with Crippen LogP contribution in [0, 0.1) is 5.92 Å². The van der Waals surface area contributed by atoms with Crippen molar-refractivity contribution >= 4 is 23.4 Å². The zero-order chi connectivity index (χ0) is 14.4. The second-order valence-electron chi connectivity index (χ2n) is 4.71. The second kappa shape index (κ2) is 7.15. The minimum Gasteiger partial charge on any atom is -0.325 e. The average Bonchev–Trinajstić information content (AvgIpc) is 2.49. The Morgan fingerprint density at radius 3 is 2.45 bits per heavy atom. The zero-order valence-electron chi connectivity index (χ0n) is 11.8. The van der Waals surface area contributed by atoms with Crippen molar-refractivity contribution in [3.63, 3.8) is 0 Å². The van der Waals surface area contributed by atoms with E-state index in [-0.39, 0.29) is 11.8 Å². The number of rotatable bonds is 5. The maximum atomic E-state index is 12.0. The van der Waals surface area contributed by atoms with E-state index < -0.39 is 0 Å². The van der Waals surface area contributed by atoms with Gasteiger partial charge in [0, 0.05) is 15.7 Å². The number of benzene rings is 2. The Bertz CT molecular complexity index is 568. The molecule has 1 amide bonds. The van der Waals surface area contributed by atoms with Crippen LogP contribution >= 0.6 is 11.8 Å². The number of carbonyl (C=O) groups excluding carboxylic acids is 1. The van der Waals surface area contributed by atoms with Crippen molar-refractivity contribution < 1.29 is 4.79 Å². The monoisotopic (exact) mass is 285 g/mol. The highest BCUT2D eigenvalue weighted by molar-refractivity contribution is 7.99. The number of nitrogens with one attached hydrogen (secondary N) is 1. The second-order valence-corrected chi connectivity index (χ2v) is 5.83. The first-order valence-corrected chi connectivity index (χ1v) is 7.65. The molecule has 0 heterocycles. The molecule has 0 bridgehead atoms. The van der Waals surface area contributed by atoms with Crippen molar-refractivity contribution in [2.45, 2.75) is 30.1 Å². The molecule has 2 aromatic carbocycles. The number of amides is 1. The number of carbonyl (C=O) groups is 1. The first-order valence-electron chi connectivity index (χ1n) is 6.83. The van der Waals surface area contributed by atoms with Gasteiger partial charge in [-0.1, -0.05) is 55.9 Å². The predicted molar refractivity (Wildman–Crippen MR) is 85.1 cm³/mol. The lowest BCUT2D eigenvalue weighted by molar-refractivity contribution is -0.119. The van der Waals surface area contributed by atoms with Gasteiger partial charge in [0.05, 0.1) is 5.69 Å². The molecule has 1 unspecified atom stereocenters. The normalized spacial score (nSPS) is 11.9. The molecule has 0 fully saturated rings. The number of hydrogen-bond acceptors (Lipinski definition) is 2. The Morgan fingerprint density at radius 2 is 1.75 bits per heavy atom. The van der Waals surface area contributed by atoms with Crippen LogP contribution in [0.1, 0.15) is 20.3 Å². The average molecular weight is 285 g/mol. The van der Waals surface area contributed by atoms with Crippen LogP contribution in [0.4, 0.5) is 5.69 Å². The molecule has 2 rings (SSSR count). The van der Waals surface area contributed by atoms with Crippen molar-refractivity contribution in [1.82, 2.24) is 0 Å². The quantitative estimate of drug-likeness (QED) is 0.853. The molecule has 2 aromatic rings. The molecule has 0 aromatic heterocycles. The summed E-state index contributed by atoms with van der Waals surface area (Å²) in [4.78, 5) is 14.3. The van der Waals surface area contributed by atoms with E-state index in [4.69, 9.17) is 0 Å². The molecule has 0 saturated carbocycles. The standard InChI is InChI=1S/C17H19NOS/c1-3-13(2)17(19)18-15-11-7-8-12-16(15)20-14-9-5-4-6-10-14/h4-13H,3H2,1-2H3,(H,18,19). The molecule has 0 aliphatic carbocycles. The maximum absolute atomic E-state index is 12.0. The lowest BCUT2D eigenvalue weighted by Gasteiger charge is -2.13. The molecule has 0 spiro atoms. The van der Waals surface area contributed by atoms with Crippen LogP contribution in [0.15, 0.2) is 64.4 Å². The summed E-state index contributed by atoms with van der Waals surface area (Å²) in [6, 6.07) is 18.1. The molecule has 0 aliphatic heterocycles. The first-order chi connectivity index (χ1) is 9.70. The molecule has 20 heavy (non-hydrogen) atoms. The van der Waals surface area contributed by atoms with Crippen LogP contribution in [-0.4, -0.2) is 5.91 Å². The summed E-state index contributed by atoms with van der Waals surface area (Å²) < 4.78 is 0. The summed E-state index contributed by atoms with van der Waals surface area (Å²) in [5.41, 5.74) is 0.881. The van der Waals surface area contributed by atoms with Gasteiger partial charge in [0.1, 0.15) is 0 Å². The van der Waals surface area contributed by atoms with E-state index >= 15 is 0 Å². The minimum atomic E-state index is 0.0322. The first kappa shape index (κ1) is 14.7. The molecule has 0 saturated heterocycles. The summed E-state index contributed by atoms with van der Waals surface area (Å²) in [5, 5.41) is 3.02. The predicted octanol–water partition coefficient (Wildman–Crippen LogP) is 4.82. The molecule has 0 aliphatic rings. The highest BCUT2D eigenvalue weighted by atomic mass is 32.2. The number of anilines is 1. The Morgan fingerprint density at radius 1 is 1.10 bits per heavy atom. The fourth-order valence-electron chi connectivity index (χ4n) is 1.72. The van der Waals surface area contributed by atoms with Crippen LogP contribution in [0.2, 0.25) is 0 Å². The van der Waals surface area contributed by atoms with Gasteiger partial charge in [0.15, 0.2) is 0 Å². The number of hydrogen-bond donors (Lipinski definition) is 1. The van der Waals surface area contributed by atoms with Crippen molar-refractivity contribution in [3.05, 3.63) is 54.6 Å². The zero-order valence-corrected chi connectivity index (χ0v) is 12.6. The molecule has 1 atom stereocenters. The highest BCUT2D eigenvalue weighted by Crippen LogP contribution is 2.33. The Balaban J connectivity index is 2.16. The van der Waals surface area contributed by atoms with Gasteiger partial charge in [-0.05, 0) is 30.7 Å². The van der Waals surface area contributed by atoms with Gasteiger partial charge in [-0.15, -0.1) is 0 Å². The maximum Gasteiger partial charge on any atom is 0.227 e. The fraction of sp³-hybridized carbons (Fsp3) is 0.235. The minimum absolute atomic E-state index is 0.0322. The molecule has 104 valence electrons. The van der Waals surface area contributed by atoms with Crippen LogP contribution in [0.25, 0.3) is 0 Å². The lowest BCUT2D eigenvalue weighted by atomic mass is 10.1. The van der Waals surface area contributed by atoms with E-state index in [1.54, 1.807) is 11.8 Å². The Kier molecular flexibility index (Phi) is 5.24. The fourth-order valence-corrected chi connectivity index (χ4v) is 2.64. The summed E-state index contributed by atoms with van der Waals surface area (Å²) >= 11 is 1.66. The van der Waals surface area contributed by atoms with Crippen LogP contribution in [0.5, 0.6) is 0 Å². The van der Waals surface area contributed by atoms with E-state index in [1.807, 2.05) is 56.3 Å². The van der Waals surface area contributed by atoms with E-state index in [0.29, 0.717) is 0 Å². The van der Waals surface area contributed by atoms with Crippen molar-refractivity contribution in [3.8, 4) is 0 Å². The van der Waals surface area contributed by atoms with Gasteiger partial charge in [-0.25, -0.2) is 0 Å². The van der Waals surface area contributed by atoms with Gasteiger partial charge in [0.25, 0.3) is 0 Å². The van der Waals surface area contributed by atoms with Crippen molar-refractivity contribution in [2.75, 3.05) is 5.32 Å². The largest absolute Gasteiger partial charge is 0.325 e. The lowest BCUT2D eigenvalue weighted by Crippen LogP contribution is -2.19. The smallest absolute Gasteiger partial charge is 0.227 e. The third kappa shape index (κ3) is 3.87. The van der Waals surface area contributed by atoms with Gasteiger partial charge in [0.2, 0.25) is 5.91 Å². The van der Waals surface area contributed by atoms with E-state index in [9.17, 15) is 4.79 Å². The molecule has 3 heteroatoms. The van der Waals surface area contributed by atoms with Gasteiger partial charge in [-0.3, -0.25) is 4.79 Å². The summed E-state index contributed by atoms with van der Waals surface area (Å²) in [6.45, 7) is 3.97. The van der Waals surface area contributed by atoms with Crippen LogP contribution < -0.4 is 5.32 Å². The van der Waals surface area contributed by atoms with Crippen LogP contribution in [0.3, 0.4) is 0 Å². The van der Waals surface area contributed by atoms with Crippen molar-refractivity contribution in [1.29, 1.82) is 0 Å². The highest BCUT2D eigenvalue weighted by Gasteiger charge is 2.12. The van der Waals surface area contributed by atoms with E-state index in [0.717, 1.165) is 21.9 Å². The Labute approximate surface area is 124 Å². The van der Waals surface area contributed by atoms with Crippen LogP contribution in [-0.2, 0) is 4.79 Å². The van der Waals surface area contributed by atoms with Gasteiger partial charge >= 0.3 is 0 Å². The number of para-hydroxylation sites is 1. The SMILES string of the molecule is CCC(C)C(=O)Nc1ccccc1Sc1ccccc1. The summed E-state index contributed by atoms with van der Waals surface area (Å²) in [7, 11) is 0. The van der Waals surface area contributed by atoms with E-state index in [2.05, 4.69) is 17.4 Å².